The van der Waals surface area contributed by atoms with E-state index in [-0.39, 0.29) is 29.6 Å². The highest BCUT2D eigenvalue weighted by molar-refractivity contribution is 6.02. The van der Waals surface area contributed by atoms with E-state index in [1.165, 1.54) is 16.7 Å². The lowest BCUT2D eigenvalue weighted by Gasteiger charge is -2.40. The molecule has 0 spiro atoms. The van der Waals surface area contributed by atoms with Gasteiger partial charge in [0.2, 0.25) is 5.91 Å². The van der Waals surface area contributed by atoms with E-state index in [0.29, 0.717) is 12.8 Å². The summed E-state index contributed by atoms with van der Waals surface area (Å²) in [5.74, 6) is -0.607. The minimum absolute atomic E-state index is 0.0208. The Balaban J connectivity index is 1.31. The number of nitrogens with zero attached hydrogens (tertiary/aromatic N) is 4. The molecule has 3 N–H and O–H groups in total. The van der Waals surface area contributed by atoms with Gasteiger partial charge in [-0.3, -0.25) is 19.2 Å². The topological polar surface area (TPSA) is 117 Å². The molecular weight excluding hydrogens is 452 g/mol. The predicted molar refractivity (Wildman–Crippen MR) is 137 cm³/mol. The van der Waals surface area contributed by atoms with Gasteiger partial charge in [-0.05, 0) is 48.4 Å². The molecule has 1 saturated heterocycles. The number of likely N-dealkylation sites (tertiary alicyclic amines) is 1. The first-order chi connectivity index (χ1) is 17.5. The summed E-state index contributed by atoms with van der Waals surface area (Å²) in [5.41, 5.74) is 8.85. The average molecular weight is 483 g/mol. The van der Waals surface area contributed by atoms with Crippen LogP contribution in [-0.4, -0.2) is 39.6 Å². The van der Waals surface area contributed by atoms with E-state index in [4.69, 9.17) is 5.73 Å². The van der Waals surface area contributed by atoms with Crippen LogP contribution >= 0.6 is 0 Å². The zero-order valence-corrected chi connectivity index (χ0v) is 20.2. The fraction of sp³-hybridized carbons (Fsp3) is 0.357. The Morgan fingerprint density at radius 2 is 1.81 bits per heavy atom. The highest BCUT2D eigenvalue weighted by Gasteiger charge is 2.39. The fourth-order valence-corrected chi connectivity index (χ4v) is 4.95. The molecule has 2 fully saturated rings. The van der Waals surface area contributed by atoms with E-state index in [2.05, 4.69) is 57.8 Å². The first-order valence-electron chi connectivity index (χ1n) is 12.4. The number of nitriles is 1. The number of carbonyl (C=O) groups is 2. The second-order valence-electron chi connectivity index (χ2n) is 9.87. The first kappa shape index (κ1) is 23.8. The highest BCUT2D eigenvalue weighted by Crippen LogP contribution is 2.36. The second-order valence-corrected chi connectivity index (χ2v) is 9.87. The van der Waals surface area contributed by atoms with Gasteiger partial charge in [0.25, 0.3) is 5.91 Å². The quantitative estimate of drug-likeness (QED) is 0.505. The zero-order valence-electron chi connectivity index (χ0n) is 20.2. The summed E-state index contributed by atoms with van der Waals surface area (Å²) in [6.45, 7) is 2.39. The van der Waals surface area contributed by atoms with Crippen molar-refractivity contribution in [1.82, 2.24) is 14.7 Å². The van der Waals surface area contributed by atoms with Gasteiger partial charge in [-0.15, -0.1) is 0 Å². The number of anilines is 1. The number of primary amides is 1. The Morgan fingerprint density at radius 3 is 2.47 bits per heavy atom. The summed E-state index contributed by atoms with van der Waals surface area (Å²) in [4.78, 5) is 26.8. The Labute approximate surface area is 210 Å². The molecule has 0 atom stereocenters. The maximum Gasteiger partial charge on any atom is 0.254 e. The van der Waals surface area contributed by atoms with Crippen molar-refractivity contribution in [3.63, 3.8) is 0 Å². The van der Waals surface area contributed by atoms with E-state index in [9.17, 15) is 14.9 Å². The molecule has 8 nitrogen and oxygen atoms in total. The molecule has 2 amide bonds. The van der Waals surface area contributed by atoms with Crippen LogP contribution in [0.1, 0.15) is 48.0 Å². The Hall–Kier alpha value is -3.96. The van der Waals surface area contributed by atoms with Gasteiger partial charge in [0.05, 0.1) is 18.0 Å². The monoisotopic (exact) mass is 482 g/mol. The van der Waals surface area contributed by atoms with Crippen molar-refractivity contribution in [2.45, 2.75) is 44.2 Å². The van der Waals surface area contributed by atoms with Crippen molar-refractivity contribution < 1.29 is 9.59 Å². The lowest BCUT2D eigenvalue weighted by Crippen LogP contribution is -2.46. The largest absolute Gasteiger partial charge is 0.365 e. The zero-order chi connectivity index (χ0) is 25.1. The van der Waals surface area contributed by atoms with Crippen LogP contribution in [-0.2, 0) is 16.9 Å². The van der Waals surface area contributed by atoms with E-state index in [1.54, 1.807) is 10.9 Å². The van der Waals surface area contributed by atoms with Crippen LogP contribution in [0.5, 0.6) is 0 Å². The lowest BCUT2D eigenvalue weighted by atomic mass is 9.84. The summed E-state index contributed by atoms with van der Waals surface area (Å²) in [7, 11) is 0. The fourth-order valence-electron chi connectivity index (χ4n) is 4.95. The van der Waals surface area contributed by atoms with Crippen molar-refractivity contribution in [2.75, 3.05) is 18.4 Å². The minimum Gasteiger partial charge on any atom is -0.365 e. The molecule has 184 valence electrons. The molecule has 0 radical (unpaired) electrons. The van der Waals surface area contributed by atoms with Crippen molar-refractivity contribution in [2.24, 2.45) is 11.7 Å². The van der Waals surface area contributed by atoms with E-state index in [0.717, 1.165) is 32.5 Å². The molecule has 1 aromatic heterocycles. The van der Waals surface area contributed by atoms with Gasteiger partial charge in [-0.25, -0.2) is 0 Å². The number of amides is 2. The van der Waals surface area contributed by atoms with Crippen LogP contribution in [0.2, 0.25) is 0 Å². The molecule has 0 bridgehead atoms. The van der Waals surface area contributed by atoms with Crippen molar-refractivity contribution in [3.8, 4) is 17.2 Å². The van der Waals surface area contributed by atoms with Gasteiger partial charge in [-0.1, -0.05) is 48.5 Å². The average Bonchev–Trinajstić information content (AvgIpc) is 3.66. The molecule has 1 aliphatic heterocycles. The highest BCUT2D eigenvalue weighted by atomic mass is 16.2. The van der Waals surface area contributed by atoms with E-state index >= 15 is 0 Å². The van der Waals surface area contributed by atoms with Crippen molar-refractivity contribution >= 4 is 17.6 Å². The number of carbonyl (C=O) groups excluding carboxylic acids is 2. The molecular formula is C28H30N6O2. The normalized spacial score (nSPS) is 17.3. The third-order valence-corrected chi connectivity index (χ3v) is 7.29. The maximum absolute atomic E-state index is 12.3. The molecule has 8 heteroatoms. The predicted octanol–water partition coefficient (Wildman–Crippen LogP) is 3.90. The second kappa shape index (κ2) is 9.96. The van der Waals surface area contributed by atoms with E-state index < -0.39 is 11.4 Å². The maximum atomic E-state index is 12.3. The Kier molecular flexibility index (Phi) is 6.57. The summed E-state index contributed by atoms with van der Waals surface area (Å²) in [6, 6.07) is 21.2. The van der Waals surface area contributed by atoms with Crippen molar-refractivity contribution in [1.29, 1.82) is 5.26 Å². The van der Waals surface area contributed by atoms with Gasteiger partial charge in [0.15, 0.2) is 5.82 Å². The standard InChI is InChI=1S/C28H30N6O2/c29-14-11-28(34-19-24(25(30)35)26(32-34)31-27(36)22-9-10-22)12-15-33(16-13-28)18-20-5-4-8-23(17-20)21-6-2-1-3-7-21/h1-8,17,19,22H,9-13,15-16,18H2,(H2,30,35)(H,31,32,36). The van der Waals surface area contributed by atoms with Gasteiger partial charge >= 0.3 is 0 Å². The number of nitrogens with two attached hydrogens (primary N) is 1. The lowest BCUT2D eigenvalue weighted by molar-refractivity contribution is -0.117. The van der Waals surface area contributed by atoms with Crippen molar-refractivity contribution in [3.05, 3.63) is 71.9 Å². The molecule has 1 saturated carbocycles. The van der Waals surface area contributed by atoms with Crippen LogP contribution in [0.4, 0.5) is 5.82 Å². The Bertz CT molecular complexity index is 1300. The van der Waals surface area contributed by atoms with Gasteiger partial charge in [-0.2, -0.15) is 10.4 Å². The summed E-state index contributed by atoms with van der Waals surface area (Å²) >= 11 is 0. The van der Waals surface area contributed by atoms with Crippen LogP contribution in [0.15, 0.2) is 60.8 Å². The number of benzene rings is 2. The van der Waals surface area contributed by atoms with Crippen LogP contribution in [0.25, 0.3) is 11.1 Å². The number of rotatable bonds is 8. The third-order valence-electron chi connectivity index (χ3n) is 7.29. The molecule has 0 unspecified atom stereocenters. The SMILES string of the molecule is N#CCC1(n2cc(C(N)=O)c(NC(=O)C3CC3)n2)CCN(Cc2cccc(-c3ccccc3)c2)CC1. The summed E-state index contributed by atoms with van der Waals surface area (Å²) < 4.78 is 1.70. The van der Waals surface area contributed by atoms with Crippen LogP contribution in [0, 0.1) is 17.2 Å². The minimum atomic E-state index is -0.643. The molecule has 36 heavy (non-hydrogen) atoms. The first-order valence-corrected chi connectivity index (χ1v) is 12.4. The molecule has 2 aromatic carbocycles. The number of hydrogen-bond acceptors (Lipinski definition) is 5. The van der Waals surface area contributed by atoms with Crippen LogP contribution < -0.4 is 11.1 Å². The summed E-state index contributed by atoms with van der Waals surface area (Å²) in [5, 5.41) is 17.0. The smallest absolute Gasteiger partial charge is 0.254 e. The molecule has 5 rings (SSSR count). The number of aromatic nitrogens is 2. The number of hydrogen-bond donors (Lipinski definition) is 2. The Morgan fingerprint density at radius 1 is 1.08 bits per heavy atom. The van der Waals surface area contributed by atoms with Gasteiger partial charge < -0.3 is 11.1 Å². The number of piperidine rings is 1. The van der Waals surface area contributed by atoms with Gasteiger partial charge in [0.1, 0.15) is 5.56 Å². The van der Waals surface area contributed by atoms with Crippen LogP contribution in [0.3, 0.4) is 0 Å². The summed E-state index contributed by atoms with van der Waals surface area (Å²) in [6.07, 6.45) is 4.97. The molecule has 1 aliphatic carbocycles. The number of nitrogens with one attached hydrogen (secondary N) is 1. The third kappa shape index (κ3) is 5.02. The molecule has 2 aliphatic rings. The molecule has 3 aromatic rings. The van der Waals surface area contributed by atoms with Gasteiger partial charge in [0, 0.05) is 31.7 Å². The van der Waals surface area contributed by atoms with E-state index in [1.807, 2.05) is 18.2 Å². The molecule has 2 heterocycles.